The summed E-state index contributed by atoms with van der Waals surface area (Å²) in [4.78, 5) is 1.25. The Hall–Kier alpha value is -1.03. The Morgan fingerprint density at radius 2 is 2.21 bits per heavy atom. The van der Waals surface area contributed by atoms with Crippen molar-refractivity contribution < 1.29 is 4.74 Å². The van der Waals surface area contributed by atoms with Crippen molar-refractivity contribution in [1.29, 1.82) is 0 Å². The number of ether oxygens (including phenoxy) is 1. The van der Waals surface area contributed by atoms with E-state index in [0.29, 0.717) is 0 Å². The van der Waals surface area contributed by atoms with Crippen LogP contribution in [0.4, 0.5) is 0 Å². The number of halogens is 1. The van der Waals surface area contributed by atoms with Crippen LogP contribution in [0.1, 0.15) is 27.6 Å². The standard InChI is InChI=1S/C15H16ClNOS/c1-9-7-13(19-15(9)16)14(17-2)11-3-4-12-10(8-11)5-6-18-12/h3-4,7-8,14,17H,5-6H2,1-2H3. The van der Waals surface area contributed by atoms with Gasteiger partial charge in [0.05, 0.1) is 17.0 Å². The molecule has 0 spiro atoms. The Labute approximate surface area is 122 Å². The summed E-state index contributed by atoms with van der Waals surface area (Å²) in [5.41, 5.74) is 3.72. The van der Waals surface area contributed by atoms with Gasteiger partial charge in [0.15, 0.2) is 0 Å². The SMILES string of the molecule is CNC(c1ccc2c(c1)CCO2)c1cc(C)c(Cl)s1. The first-order valence-corrected chi connectivity index (χ1v) is 7.57. The molecular weight excluding hydrogens is 278 g/mol. The normalized spacial score (nSPS) is 15.1. The maximum absolute atomic E-state index is 6.18. The lowest BCUT2D eigenvalue weighted by molar-refractivity contribution is 0.357. The summed E-state index contributed by atoms with van der Waals surface area (Å²) in [7, 11) is 1.98. The van der Waals surface area contributed by atoms with Crippen LogP contribution in [-0.4, -0.2) is 13.7 Å². The van der Waals surface area contributed by atoms with E-state index in [1.54, 1.807) is 11.3 Å². The molecule has 1 unspecified atom stereocenters. The summed E-state index contributed by atoms with van der Waals surface area (Å²) < 4.78 is 6.43. The average molecular weight is 294 g/mol. The minimum atomic E-state index is 0.196. The van der Waals surface area contributed by atoms with Gasteiger partial charge in [0.25, 0.3) is 0 Å². The summed E-state index contributed by atoms with van der Waals surface area (Å²) in [6.07, 6.45) is 1.00. The molecule has 100 valence electrons. The Kier molecular flexibility index (Phi) is 3.52. The molecule has 2 nitrogen and oxygen atoms in total. The highest BCUT2D eigenvalue weighted by molar-refractivity contribution is 7.16. The second-order valence-corrected chi connectivity index (χ2v) is 6.48. The lowest BCUT2D eigenvalue weighted by atomic mass is 10.0. The predicted octanol–water partition coefficient (Wildman–Crippen LogP) is 3.95. The molecule has 0 fully saturated rings. The zero-order valence-electron chi connectivity index (χ0n) is 11.0. The average Bonchev–Trinajstić information content (AvgIpc) is 2.98. The molecule has 1 aliphatic heterocycles. The fourth-order valence-electron chi connectivity index (χ4n) is 2.49. The van der Waals surface area contributed by atoms with Gasteiger partial charge in [-0.2, -0.15) is 0 Å². The summed E-state index contributed by atoms with van der Waals surface area (Å²) >= 11 is 7.83. The summed E-state index contributed by atoms with van der Waals surface area (Å²) in [6, 6.07) is 8.81. The fraction of sp³-hybridized carbons (Fsp3) is 0.333. The van der Waals surface area contributed by atoms with Gasteiger partial charge in [0.2, 0.25) is 0 Å². The van der Waals surface area contributed by atoms with Crippen LogP contribution in [0.3, 0.4) is 0 Å². The number of fused-ring (bicyclic) bond motifs is 1. The van der Waals surface area contributed by atoms with Gasteiger partial charge < -0.3 is 10.1 Å². The lowest BCUT2D eigenvalue weighted by Gasteiger charge is -2.16. The minimum Gasteiger partial charge on any atom is -0.493 e. The van der Waals surface area contributed by atoms with Crippen LogP contribution in [0, 0.1) is 6.92 Å². The highest BCUT2D eigenvalue weighted by atomic mass is 35.5. The van der Waals surface area contributed by atoms with Crippen molar-refractivity contribution in [3.63, 3.8) is 0 Å². The van der Waals surface area contributed by atoms with Crippen molar-refractivity contribution in [2.45, 2.75) is 19.4 Å². The highest BCUT2D eigenvalue weighted by Crippen LogP contribution is 2.36. The third kappa shape index (κ3) is 2.38. The van der Waals surface area contributed by atoms with Gasteiger partial charge in [-0.05, 0) is 42.8 Å². The molecule has 1 atom stereocenters. The van der Waals surface area contributed by atoms with E-state index in [2.05, 4.69) is 29.6 Å². The van der Waals surface area contributed by atoms with Gasteiger partial charge in [0.1, 0.15) is 5.75 Å². The lowest BCUT2D eigenvalue weighted by Crippen LogP contribution is -2.16. The largest absolute Gasteiger partial charge is 0.493 e. The van der Waals surface area contributed by atoms with E-state index in [-0.39, 0.29) is 6.04 Å². The van der Waals surface area contributed by atoms with E-state index in [1.165, 1.54) is 16.0 Å². The summed E-state index contributed by atoms with van der Waals surface area (Å²) in [5.74, 6) is 1.03. The van der Waals surface area contributed by atoms with Crippen LogP contribution in [-0.2, 0) is 6.42 Å². The molecule has 1 aliphatic rings. The number of hydrogen-bond donors (Lipinski definition) is 1. The molecule has 0 bridgehead atoms. The van der Waals surface area contributed by atoms with Crippen LogP contribution in [0.25, 0.3) is 0 Å². The van der Waals surface area contributed by atoms with Gasteiger partial charge in [-0.15, -0.1) is 11.3 Å². The van der Waals surface area contributed by atoms with E-state index in [0.717, 1.165) is 28.7 Å². The molecule has 4 heteroatoms. The molecule has 2 aromatic rings. The van der Waals surface area contributed by atoms with Gasteiger partial charge >= 0.3 is 0 Å². The molecule has 1 N–H and O–H groups in total. The van der Waals surface area contributed by atoms with E-state index in [1.807, 2.05) is 14.0 Å². The molecule has 0 aliphatic carbocycles. The van der Waals surface area contributed by atoms with Crippen LogP contribution in [0.15, 0.2) is 24.3 Å². The molecular formula is C15H16ClNOS. The maximum atomic E-state index is 6.18. The van der Waals surface area contributed by atoms with Gasteiger partial charge in [-0.25, -0.2) is 0 Å². The van der Waals surface area contributed by atoms with Crippen LogP contribution < -0.4 is 10.1 Å². The van der Waals surface area contributed by atoms with Crippen LogP contribution in [0.5, 0.6) is 5.75 Å². The van der Waals surface area contributed by atoms with Gasteiger partial charge in [-0.1, -0.05) is 23.7 Å². The molecule has 3 rings (SSSR count). The second kappa shape index (κ2) is 5.16. The Morgan fingerprint density at radius 3 is 2.89 bits per heavy atom. The Bertz CT molecular complexity index is 589. The summed E-state index contributed by atoms with van der Waals surface area (Å²) in [5, 5.41) is 3.38. The number of benzene rings is 1. The van der Waals surface area contributed by atoms with E-state index in [4.69, 9.17) is 16.3 Å². The van der Waals surface area contributed by atoms with Crippen LogP contribution >= 0.6 is 22.9 Å². The van der Waals surface area contributed by atoms with E-state index in [9.17, 15) is 0 Å². The van der Waals surface area contributed by atoms with Crippen molar-refractivity contribution in [3.05, 3.63) is 50.2 Å². The zero-order chi connectivity index (χ0) is 13.4. The second-order valence-electron chi connectivity index (χ2n) is 4.79. The van der Waals surface area contributed by atoms with Crippen LogP contribution in [0.2, 0.25) is 4.34 Å². The minimum absolute atomic E-state index is 0.196. The topological polar surface area (TPSA) is 21.3 Å². The van der Waals surface area contributed by atoms with E-state index >= 15 is 0 Å². The third-order valence-corrected chi connectivity index (χ3v) is 5.12. The Morgan fingerprint density at radius 1 is 1.37 bits per heavy atom. The van der Waals surface area contributed by atoms with Gasteiger partial charge in [0, 0.05) is 11.3 Å². The molecule has 0 radical (unpaired) electrons. The molecule has 1 aromatic heterocycles. The molecule has 19 heavy (non-hydrogen) atoms. The summed E-state index contributed by atoms with van der Waals surface area (Å²) in [6.45, 7) is 2.85. The number of thiophene rings is 1. The monoisotopic (exact) mass is 293 g/mol. The third-order valence-electron chi connectivity index (χ3n) is 3.50. The molecule has 0 amide bonds. The number of hydrogen-bond acceptors (Lipinski definition) is 3. The first-order valence-electron chi connectivity index (χ1n) is 6.37. The number of rotatable bonds is 3. The quantitative estimate of drug-likeness (QED) is 0.925. The van der Waals surface area contributed by atoms with Crippen molar-refractivity contribution in [1.82, 2.24) is 5.32 Å². The fourth-order valence-corrected chi connectivity index (χ4v) is 3.84. The van der Waals surface area contributed by atoms with E-state index < -0.39 is 0 Å². The number of aryl methyl sites for hydroxylation is 1. The van der Waals surface area contributed by atoms with Gasteiger partial charge in [-0.3, -0.25) is 0 Å². The molecule has 2 heterocycles. The Balaban J connectivity index is 1.98. The van der Waals surface area contributed by atoms with Crippen molar-refractivity contribution in [2.24, 2.45) is 0 Å². The molecule has 0 saturated heterocycles. The first kappa shape index (κ1) is 13.0. The zero-order valence-corrected chi connectivity index (χ0v) is 12.6. The molecule has 1 aromatic carbocycles. The van der Waals surface area contributed by atoms with Crippen molar-refractivity contribution in [3.8, 4) is 5.75 Å². The first-order chi connectivity index (χ1) is 9.19. The smallest absolute Gasteiger partial charge is 0.122 e. The number of nitrogens with one attached hydrogen (secondary N) is 1. The van der Waals surface area contributed by atoms with Crippen molar-refractivity contribution in [2.75, 3.05) is 13.7 Å². The molecule has 0 saturated carbocycles. The maximum Gasteiger partial charge on any atom is 0.122 e. The highest BCUT2D eigenvalue weighted by Gasteiger charge is 2.19. The van der Waals surface area contributed by atoms with Crippen molar-refractivity contribution >= 4 is 22.9 Å². The predicted molar refractivity (Wildman–Crippen MR) is 80.6 cm³/mol.